The molecule has 1 heterocycles. The molecule has 17 heavy (non-hydrogen) atoms. The second-order valence-corrected chi connectivity index (χ2v) is 4.92. The van der Waals surface area contributed by atoms with Gasteiger partial charge in [0.15, 0.2) is 0 Å². The Morgan fingerprint density at radius 1 is 1.65 bits per heavy atom. The molecule has 1 fully saturated rings. The van der Waals surface area contributed by atoms with E-state index in [0.29, 0.717) is 12.4 Å². The summed E-state index contributed by atoms with van der Waals surface area (Å²) >= 11 is 1.64. The van der Waals surface area contributed by atoms with Crippen molar-refractivity contribution >= 4 is 17.7 Å². The minimum Gasteiger partial charge on any atom is -0.508 e. The van der Waals surface area contributed by atoms with Gasteiger partial charge in [-0.2, -0.15) is 0 Å². The van der Waals surface area contributed by atoms with Gasteiger partial charge in [0.05, 0.1) is 12.0 Å². The van der Waals surface area contributed by atoms with Crippen LogP contribution >= 0.6 is 11.8 Å². The monoisotopic (exact) mass is 253 g/mol. The molecule has 1 aromatic rings. The molecule has 0 saturated carbocycles. The lowest BCUT2D eigenvalue weighted by Crippen LogP contribution is -2.35. The second kappa shape index (κ2) is 5.42. The number of ether oxygens (including phenoxy) is 1. The standard InChI is InChI=1S/C12H15NO3S/c1-2-16-12(15)10-7-17-11(13-10)8-4-3-5-9(14)6-8/h3-6,10-11,13-14H,2,7H2,1H3/t10-,11?/m1/s1. The van der Waals surface area contributed by atoms with Crippen LogP contribution in [0.25, 0.3) is 0 Å². The third-order valence-electron chi connectivity index (χ3n) is 2.53. The van der Waals surface area contributed by atoms with Crippen molar-refractivity contribution in [3.05, 3.63) is 29.8 Å². The first-order valence-corrected chi connectivity index (χ1v) is 6.59. The third kappa shape index (κ3) is 2.92. The summed E-state index contributed by atoms with van der Waals surface area (Å²) in [7, 11) is 0. The predicted molar refractivity (Wildman–Crippen MR) is 66.9 cm³/mol. The van der Waals surface area contributed by atoms with E-state index in [1.807, 2.05) is 6.07 Å². The van der Waals surface area contributed by atoms with Crippen LogP contribution in [0.2, 0.25) is 0 Å². The number of hydrogen-bond donors (Lipinski definition) is 2. The van der Waals surface area contributed by atoms with Gasteiger partial charge in [-0.3, -0.25) is 10.1 Å². The highest BCUT2D eigenvalue weighted by Gasteiger charge is 2.31. The number of hydrogen-bond acceptors (Lipinski definition) is 5. The molecule has 1 aliphatic rings. The molecule has 0 aliphatic carbocycles. The van der Waals surface area contributed by atoms with Gasteiger partial charge in [0.2, 0.25) is 0 Å². The lowest BCUT2D eigenvalue weighted by Gasteiger charge is -2.12. The van der Waals surface area contributed by atoms with Crippen LogP contribution in [0.4, 0.5) is 0 Å². The predicted octanol–water partition coefficient (Wildman–Crippen LogP) is 1.66. The molecule has 0 amide bonds. The van der Waals surface area contributed by atoms with Gasteiger partial charge in [-0.05, 0) is 24.6 Å². The fourth-order valence-corrected chi connectivity index (χ4v) is 2.95. The molecule has 0 spiro atoms. The van der Waals surface area contributed by atoms with E-state index in [4.69, 9.17) is 4.74 Å². The van der Waals surface area contributed by atoms with Crippen molar-refractivity contribution in [2.75, 3.05) is 12.4 Å². The highest BCUT2D eigenvalue weighted by molar-refractivity contribution is 7.99. The van der Waals surface area contributed by atoms with E-state index in [0.717, 1.165) is 5.56 Å². The zero-order chi connectivity index (χ0) is 12.3. The first-order valence-electron chi connectivity index (χ1n) is 5.54. The Kier molecular flexibility index (Phi) is 3.91. The minimum absolute atomic E-state index is 0.0384. The average Bonchev–Trinajstić information content (AvgIpc) is 2.78. The van der Waals surface area contributed by atoms with Crippen LogP contribution in [0.15, 0.2) is 24.3 Å². The van der Waals surface area contributed by atoms with Gasteiger partial charge in [0.25, 0.3) is 0 Å². The van der Waals surface area contributed by atoms with E-state index in [2.05, 4.69) is 5.32 Å². The number of rotatable bonds is 3. The number of nitrogens with one attached hydrogen (secondary N) is 1. The number of benzene rings is 1. The van der Waals surface area contributed by atoms with Crippen molar-refractivity contribution in [2.45, 2.75) is 18.3 Å². The van der Waals surface area contributed by atoms with Gasteiger partial charge in [-0.15, -0.1) is 11.8 Å². The number of esters is 1. The van der Waals surface area contributed by atoms with E-state index < -0.39 is 0 Å². The number of thioether (sulfide) groups is 1. The largest absolute Gasteiger partial charge is 0.508 e. The number of phenols is 1. The van der Waals surface area contributed by atoms with Crippen molar-refractivity contribution < 1.29 is 14.6 Å². The van der Waals surface area contributed by atoms with Crippen LogP contribution in [-0.4, -0.2) is 29.5 Å². The van der Waals surface area contributed by atoms with Gasteiger partial charge < -0.3 is 9.84 Å². The highest BCUT2D eigenvalue weighted by atomic mass is 32.2. The second-order valence-electron chi connectivity index (χ2n) is 3.78. The SMILES string of the molecule is CCOC(=O)[C@H]1CSC(c2cccc(O)c2)N1. The molecule has 1 aliphatic heterocycles. The Morgan fingerprint density at radius 2 is 2.47 bits per heavy atom. The normalized spacial score (nSPS) is 23.6. The Balaban J connectivity index is 2.00. The van der Waals surface area contributed by atoms with Gasteiger partial charge in [0, 0.05) is 5.75 Å². The lowest BCUT2D eigenvalue weighted by atomic mass is 10.2. The molecular weight excluding hydrogens is 238 g/mol. The third-order valence-corrected chi connectivity index (χ3v) is 3.79. The minimum atomic E-state index is -0.257. The zero-order valence-corrected chi connectivity index (χ0v) is 10.4. The molecule has 0 radical (unpaired) electrons. The molecule has 1 saturated heterocycles. The van der Waals surface area contributed by atoms with Gasteiger partial charge in [-0.1, -0.05) is 12.1 Å². The first-order chi connectivity index (χ1) is 8.20. The van der Waals surface area contributed by atoms with Crippen LogP contribution in [0.3, 0.4) is 0 Å². The molecule has 92 valence electrons. The summed E-state index contributed by atoms with van der Waals surface area (Å²) in [5.74, 6) is 0.728. The molecule has 1 unspecified atom stereocenters. The smallest absolute Gasteiger partial charge is 0.324 e. The number of phenolic OH excluding ortho intramolecular Hbond substituents is 1. The van der Waals surface area contributed by atoms with Crippen LogP contribution < -0.4 is 5.32 Å². The summed E-state index contributed by atoms with van der Waals surface area (Å²) in [5.41, 5.74) is 0.974. The molecule has 0 bridgehead atoms. The summed E-state index contributed by atoms with van der Waals surface area (Å²) in [6.45, 7) is 2.20. The summed E-state index contributed by atoms with van der Waals surface area (Å²) in [6, 6.07) is 6.81. The topological polar surface area (TPSA) is 58.6 Å². The van der Waals surface area contributed by atoms with E-state index in [9.17, 15) is 9.90 Å². The van der Waals surface area contributed by atoms with E-state index in [1.165, 1.54) is 0 Å². The summed E-state index contributed by atoms with van der Waals surface area (Å²) in [4.78, 5) is 11.5. The van der Waals surface area contributed by atoms with E-state index in [-0.39, 0.29) is 23.1 Å². The number of carbonyl (C=O) groups is 1. The summed E-state index contributed by atoms with van der Waals surface area (Å²) in [6.07, 6.45) is 0. The molecule has 2 rings (SSSR count). The Morgan fingerprint density at radius 3 is 3.18 bits per heavy atom. The Labute approximate surface area is 104 Å². The zero-order valence-electron chi connectivity index (χ0n) is 9.55. The average molecular weight is 253 g/mol. The van der Waals surface area contributed by atoms with E-state index in [1.54, 1.807) is 36.9 Å². The molecule has 2 atom stereocenters. The Hall–Kier alpha value is -1.20. The van der Waals surface area contributed by atoms with Crippen molar-refractivity contribution in [1.82, 2.24) is 5.32 Å². The van der Waals surface area contributed by atoms with Crippen molar-refractivity contribution in [1.29, 1.82) is 0 Å². The van der Waals surface area contributed by atoms with Gasteiger partial charge in [0.1, 0.15) is 11.8 Å². The van der Waals surface area contributed by atoms with Gasteiger partial charge >= 0.3 is 5.97 Å². The lowest BCUT2D eigenvalue weighted by molar-refractivity contribution is -0.144. The maximum atomic E-state index is 11.5. The quantitative estimate of drug-likeness (QED) is 0.802. The van der Waals surface area contributed by atoms with Crippen LogP contribution in [0, 0.1) is 0 Å². The Bertz CT molecular complexity index is 410. The van der Waals surface area contributed by atoms with E-state index >= 15 is 0 Å². The molecule has 1 aromatic carbocycles. The number of carbonyl (C=O) groups excluding carboxylic acids is 1. The molecule has 5 heteroatoms. The highest BCUT2D eigenvalue weighted by Crippen LogP contribution is 2.34. The molecule has 0 aromatic heterocycles. The van der Waals surface area contributed by atoms with Crippen LogP contribution in [0.1, 0.15) is 17.9 Å². The first kappa shape index (κ1) is 12.3. The van der Waals surface area contributed by atoms with Crippen molar-refractivity contribution in [3.63, 3.8) is 0 Å². The van der Waals surface area contributed by atoms with Crippen LogP contribution in [0.5, 0.6) is 5.75 Å². The fraction of sp³-hybridized carbons (Fsp3) is 0.417. The van der Waals surface area contributed by atoms with Crippen molar-refractivity contribution in [2.24, 2.45) is 0 Å². The van der Waals surface area contributed by atoms with Crippen molar-refractivity contribution in [3.8, 4) is 5.75 Å². The maximum Gasteiger partial charge on any atom is 0.324 e. The van der Waals surface area contributed by atoms with Gasteiger partial charge in [-0.25, -0.2) is 0 Å². The van der Waals surface area contributed by atoms with Crippen LogP contribution in [-0.2, 0) is 9.53 Å². The molecule has 2 N–H and O–H groups in total. The maximum absolute atomic E-state index is 11.5. The molecule has 4 nitrogen and oxygen atoms in total. The summed E-state index contributed by atoms with van der Waals surface area (Å²) in [5, 5.41) is 12.6. The fourth-order valence-electron chi connectivity index (χ4n) is 1.73. The summed E-state index contributed by atoms with van der Waals surface area (Å²) < 4.78 is 4.97. The molecular formula is C12H15NO3S. The number of aromatic hydroxyl groups is 1.